The average molecular weight is 259 g/mol. The van der Waals surface area contributed by atoms with Crippen LogP contribution in [0.5, 0.6) is 0 Å². The van der Waals surface area contributed by atoms with Crippen LogP contribution in [0.1, 0.15) is 48.0 Å². The van der Waals surface area contributed by atoms with E-state index in [1.165, 1.54) is 0 Å². The van der Waals surface area contributed by atoms with E-state index in [0.717, 1.165) is 26.1 Å². The zero-order valence-corrected chi connectivity index (χ0v) is 13.4. The Balaban J connectivity index is 4.24. The number of nitrogens with zero attached hydrogens (tertiary/aromatic N) is 1. The van der Waals surface area contributed by atoms with Gasteiger partial charge in [0.1, 0.15) is 0 Å². The highest BCUT2D eigenvalue weighted by molar-refractivity contribution is 4.79. The van der Waals surface area contributed by atoms with Crippen LogP contribution in [-0.2, 0) is 4.74 Å². The topological polar surface area (TPSA) is 32.7 Å². The standard InChI is InChI=1S/C15H33NO2/c1-12(2)10-16(11-13(3)4)9-8-14(17)15(5,6)18-7/h12-14,17H,8-11H2,1-7H3. The van der Waals surface area contributed by atoms with Gasteiger partial charge in [0.25, 0.3) is 0 Å². The first-order valence-electron chi connectivity index (χ1n) is 7.14. The van der Waals surface area contributed by atoms with Gasteiger partial charge < -0.3 is 14.7 Å². The lowest BCUT2D eigenvalue weighted by atomic mass is 9.98. The van der Waals surface area contributed by atoms with Gasteiger partial charge in [0, 0.05) is 26.7 Å². The normalized spacial score (nSPS) is 14.8. The predicted molar refractivity (Wildman–Crippen MR) is 77.8 cm³/mol. The summed E-state index contributed by atoms with van der Waals surface area (Å²) in [7, 11) is 1.66. The van der Waals surface area contributed by atoms with Gasteiger partial charge in [-0.25, -0.2) is 0 Å². The van der Waals surface area contributed by atoms with Crippen LogP contribution in [0.25, 0.3) is 0 Å². The van der Waals surface area contributed by atoms with Gasteiger partial charge in [-0.05, 0) is 32.1 Å². The molecule has 0 aliphatic rings. The lowest BCUT2D eigenvalue weighted by molar-refractivity contribution is -0.0827. The maximum atomic E-state index is 10.1. The summed E-state index contributed by atoms with van der Waals surface area (Å²) in [6.45, 7) is 16.0. The predicted octanol–water partition coefficient (Wildman–Crippen LogP) is 2.78. The van der Waals surface area contributed by atoms with Crippen molar-refractivity contribution in [1.82, 2.24) is 4.90 Å². The highest BCUT2D eigenvalue weighted by atomic mass is 16.5. The molecule has 0 aliphatic carbocycles. The summed E-state index contributed by atoms with van der Waals surface area (Å²) in [6.07, 6.45) is 0.352. The van der Waals surface area contributed by atoms with E-state index < -0.39 is 11.7 Å². The van der Waals surface area contributed by atoms with Crippen molar-refractivity contribution < 1.29 is 9.84 Å². The Hall–Kier alpha value is -0.120. The molecule has 1 N–H and O–H groups in total. The van der Waals surface area contributed by atoms with Crippen molar-refractivity contribution in [3.8, 4) is 0 Å². The third-order valence-electron chi connectivity index (χ3n) is 3.29. The van der Waals surface area contributed by atoms with E-state index in [2.05, 4.69) is 32.6 Å². The fourth-order valence-electron chi connectivity index (χ4n) is 2.08. The maximum absolute atomic E-state index is 10.1. The van der Waals surface area contributed by atoms with Crippen LogP contribution in [0.2, 0.25) is 0 Å². The number of aliphatic hydroxyl groups is 1. The van der Waals surface area contributed by atoms with Gasteiger partial charge in [-0.2, -0.15) is 0 Å². The van der Waals surface area contributed by atoms with Crippen LogP contribution in [0.4, 0.5) is 0 Å². The summed E-state index contributed by atoms with van der Waals surface area (Å²) < 4.78 is 5.33. The fourth-order valence-corrected chi connectivity index (χ4v) is 2.08. The SMILES string of the molecule is COC(C)(C)C(O)CCN(CC(C)C)CC(C)C. The Morgan fingerprint density at radius 1 is 1.06 bits per heavy atom. The second-order valence-electron chi connectivity index (χ2n) is 6.66. The molecule has 0 heterocycles. The summed E-state index contributed by atoms with van der Waals surface area (Å²) >= 11 is 0. The molecule has 110 valence electrons. The molecule has 1 atom stereocenters. The van der Waals surface area contributed by atoms with E-state index in [-0.39, 0.29) is 0 Å². The Morgan fingerprint density at radius 3 is 1.83 bits per heavy atom. The molecule has 1 unspecified atom stereocenters. The van der Waals surface area contributed by atoms with Crippen LogP contribution < -0.4 is 0 Å². The molecule has 0 aromatic heterocycles. The van der Waals surface area contributed by atoms with Crippen molar-refractivity contribution >= 4 is 0 Å². The molecule has 0 aromatic rings. The summed E-state index contributed by atoms with van der Waals surface area (Å²) in [5.41, 5.74) is -0.457. The average Bonchev–Trinajstić information content (AvgIpc) is 2.23. The maximum Gasteiger partial charge on any atom is 0.0880 e. The number of ether oxygens (including phenoxy) is 1. The first kappa shape index (κ1) is 17.9. The lowest BCUT2D eigenvalue weighted by Gasteiger charge is -2.32. The molecule has 0 bridgehead atoms. The van der Waals surface area contributed by atoms with E-state index in [0.29, 0.717) is 11.8 Å². The van der Waals surface area contributed by atoms with E-state index >= 15 is 0 Å². The Kier molecular flexibility index (Phi) is 8.08. The van der Waals surface area contributed by atoms with Gasteiger partial charge in [-0.3, -0.25) is 0 Å². The zero-order valence-electron chi connectivity index (χ0n) is 13.4. The van der Waals surface area contributed by atoms with Crippen molar-refractivity contribution in [3.05, 3.63) is 0 Å². The number of rotatable bonds is 9. The van der Waals surface area contributed by atoms with Gasteiger partial charge >= 0.3 is 0 Å². The molecule has 0 spiro atoms. The van der Waals surface area contributed by atoms with Gasteiger partial charge in [0.05, 0.1) is 11.7 Å². The van der Waals surface area contributed by atoms with Crippen LogP contribution in [-0.4, -0.2) is 48.5 Å². The summed E-state index contributed by atoms with van der Waals surface area (Å²) in [6, 6.07) is 0. The molecule has 0 radical (unpaired) electrons. The molecule has 18 heavy (non-hydrogen) atoms. The molecular weight excluding hydrogens is 226 g/mol. The van der Waals surface area contributed by atoms with Gasteiger partial charge in [0.15, 0.2) is 0 Å². The molecule has 3 nitrogen and oxygen atoms in total. The van der Waals surface area contributed by atoms with Crippen LogP contribution in [0, 0.1) is 11.8 Å². The minimum absolute atomic E-state index is 0.413. The monoisotopic (exact) mass is 259 g/mol. The number of hydrogen-bond acceptors (Lipinski definition) is 3. The van der Waals surface area contributed by atoms with Crippen LogP contribution in [0.3, 0.4) is 0 Å². The molecule has 0 saturated carbocycles. The molecule has 0 fully saturated rings. The van der Waals surface area contributed by atoms with E-state index in [4.69, 9.17) is 4.74 Å². The second kappa shape index (κ2) is 8.13. The summed E-state index contributed by atoms with van der Waals surface area (Å²) in [5, 5.41) is 10.1. The van der Waals surface area contributed by atoms with Crippen molar-refractivity contribution in [1.29, 1.82) is 0 Å². The molecule has 0 saturated heterocycles. The highest BCUT2D eigenvalue weighted by Crippen LogP contribution is 2.17. The zero-order chi connectivity index (χ0) is 14.3. The second-order valence-corrected chi connectivity index (χ2v) is 6.66. The van der Waals surface area contributed by atoms with Crippen LogP contribution >= 0.6 is 0 Å². The Bertz CT molecular complexity index is 205. The molecule has 0 aliphatic heterocycles. The molecule has 0 amide bonds. The van der Waals surface area contributed by atoms with E-state index in [1.54, 1.807) is 7.11 Å². The van der Waals surface area contributed by atoms with Gasteiger partial charge in [-0.15, -0.1) is 0 Å². The van der Waals surface area contributed by atoms with E-state index in [9.17, 15) is 5.11 Å². The number of hydrogen-bond donors (Lipinski definition) is 1. The van der Waals surface area contributed by atoms with Gasteiger partial charge in [0.2, 0.25) is 0 Å². The smallest absolute Gasteiger partial charge is 0.0880 e. The van der Waals surface area contributed by atoms with Crippen molar-refractivity contribution in [2.24, 2.45) is 11.8 Å². The minimum atomic E-state index is -0.457. The molecular formula is C15H33NO2. The molecule has 0 rings (SSSR count). The fraction of sp³-hybridized carbons (Fsp3) is 1.00. The quantitative estimate of drug-likeness (QED) is 0.691. The van der Waals surface area contributed by atoms with Gasteiger partial charge in [-0.1, -0.05) is 27.7 Å². The van der Waals surface area contributed by atoms with Crippen molar-refractivity contribution in [2.75, 3.05) is 26.7 Å². The highest BCUT2D eigenvalue weighted by Gasteiger charge is 2.27. The van der Waals surface area contributed by atoms with Crippen molar-refractivity contribution in [3.63, 3.8) is 0 Å². The largest absolute Gasteiger partial charge is 0.390 e. The first-order valence-corrected chi connectivity index (χ1v) is 7.14. The van der Waals surface area contributed by atoms with Crippen LogP contribution in [0.15, 0.2) is 0 Å². The number of methoxy groups -OCH3 is 1. The first-order chi connectivity index (χ1) is 8.19. The third kappa shape index (κ3) is 7.34. The summed E-state index contributed by atoms with van der Waals surface area (Å²) in [5.74, 6) is 1.33. The molecule has 3 heteroatoms. The van der Waals surface area contributed by atoms with E-state index in [1.807, 2.05) is 13.8 Å². The van der Waals surface area contributed by atoms with Crippen molar-refractivity contribution in [2.45, 2.75) is 59.7 Å². The Labute approximate surface area is 114 Å². The minimum Gasteiger partial charge on any atom is -0.390 e. The lowest BCUT2D eigenvalue weighted by Crippen LogP contribution is -2.41. The molecule has 0 aromatic carbocycles. The third-order valence-corrected chi connectivity index (χ3v) is 3.29. The Morgan fingerprint density at radius 2 is 1.50 bits per heavy atom. The summed E-state index contributed by atoms with van der Waals surface area (Å²) in [4.78, 5) is 2.45. The number of aliphatic hydroxyl groups excluding tert-OH is 1.